The zero-order chi connectivity index (χ0) is 12.8. The van der Waals surface area contributed by atoms with Crippen LogP contribution in [0.25, 0.3) is 0 Å². The molecule has 4 heteroatoms. The van der Waals surface area contributed by atoms with Crippen LogP contribution in [0.4, 0.5) is 5.69 Å². The fourth-order valence-corrected chi connectivity index (χ4v) is 2.37. The van der Waals surface area contributed by atoms with Crippen LogP contribution in [-0.2, 0) is 0 Å². The van der Waals surface area contributed by atoms with Gasteiger partial charge in [0.2, 0.25) is 0 Å². The molecule has 0 amide bonds. The van der Waals surface area contributed by atoms with Gasteiger partial charge in [-0.3, -0.25) is 4.90 Å². The first-order valence-corrected chi connectivity index (χ1v) is 6.60. The number of nitrogens with zero attached hydrogens (tertiary/aromatic N) is 2. The minimum absolute atomic E-state index is 0.973. The Morgan fingerprint density at radius 1 is 1.17 bits per heavy atom. The zero-order valence-corrected chi connectivity index (χ0v) is 11.4. The van der Waals surface area contributed by atoms with Crippen molar-refractivity contribution in [2.24, 2.45) is 0 Å². The van der Waals surface area contributed by atoms with Gasteiger partial charge in [-0.2, -0.15) is 0 Å². The molecule has 0 saturated carbocycles. The fraction of sp³-hybridized carbons (Fsp3) is 0.571. The second-order valence-electron chi connectivity index (χ2n) is 4.60. The van der Waals surface area contributed by atoms with Crippen LogP contribution in [0.3, 0.4) is 0 Å². The summed E-state index contributed by atoms with van der Waals surface area (Å²) in [5.74, 6) is 0.973. The Bertz CT molecular complexity index is 362. The molecule has 0 radical (unpaired) electrons. The fourth-order valence-electron chi connectivity index (χ4n) is 2.37. The molecule has 0 aliphatic carbocycles. The molecule has 1 aromatic rings. The van der Waals surface area contributed by atoms with Gasteiger partial charge in [-0.05, 0) is 19.2 Å². The summed E-state index contributed by atoms with van der Waals surface area (Å²) in [5, 5.41) is 3.20. The van der Waals surface area contributed by atoms with Crippen LogP contribution in [0.15, 0.2) is 24.3 Å². The summed E-state index contributed by atoms with van der Waals surface area (Å²) in [5.41, 5.74) is 1.22. The average molecular weight is 249 g/mol. The maximum Gasteiger partial charge on any atom is 0.142 e. The highest BCUT2D eigenvalue weighted by Gasteiger charge is 2.18. The number of hydrogen-bond acceptors (Lipinski definition) is 4. The molecule has 1 aromatic carbocycles. The van der Waals surface area contributed by atoms with Gasteiger partial charge in [0.25, 0.3) is 0 Å². The van der Waals surface area contributed by atoms with Crippen molar-refractivity contribution in [1.82, 2.24) is 10.2 Å². The summed E-state index contributed by atoms with van der Waals surface area (Å²) in [6.07, 6.45) is 0. The molecule has 0 bridgehead atoms. The lowest BCUT2D eigenvalue weighted by molar-refractivity contribution is 0.259. The highest BCUT2D eigenvalue weighted by Crippen LogP contribution is 2.28. The van der Waals surface area contributed by atoms with E-state index in [0.29, 0.717) is 0 Å². The normalized spacial score (nSPS) is 16.9. The van der Waals surface area contributed by atoms with E-state index in [1.165, 1.54) is 5.69 Å². The van der Waals surface area contributed by atoms with Crippen molar-refractivity contribution in [2.45, 2.75) is 0 Å². The van der Waals surface area contributed by atoms with Crippen molar-refractivity contribution in [3.63, 3.8) is 0 Å². The molecule has 1 saturated heterocycles. The summed E-state index contributed by atoms with van der Waals surface area (Å²) >= 11 is 0. The number of hydrogen-bond donors (Lipinski definition) is 1. The second kappa shape index (κ2) is 6.61. The van der Waals surface area contributed by atoms with Crippen molar-refractivity contribution in [2.75, 3.05) is 58.3 Å². The van der Waals surface area contributed by atoms with Gasteiger partial charge in [0.1, 0.15) is 5.75 Å². The number of rotatable bonds is 5. The van der Waals surface area contributed by atoms with Gasteiger partial charge in [0.05, 0.1) is 12.8 Å². The monoisotopic (exact) mass is 249 g/mol. The molecule has 0 unspecified atom stereocenters. The summed E-state index contributed by atoms with van der Waals surface area (Å²) in [7, 11) is 3.74. The van der Waals surface area contributed by atoms with Crippen molar-refractivity contribution in [3.8, 4) is 5.75 Å². The number of nitrogens with one attached hydrogen (secondary N) is 1. The number of ether oxygens (including phenoxy) is 1. The SMILES string of the molecule is CNCCN1CCN(c2ccccc2OC)CC1. The van der Waals surface area contributed by atoms with Gasteiger partial charge in [0.15, 0.2) is 0 Å². The maximum absolute atomic E-state index is 5.43. The molecule has 1 fully saturated rings. The first kappa shape index (κ1) is 13.2. The van der Waals surface area contributed by atoms with Gasteiger partial charge in [-0.15, -0.1) is 0 Å². The molecule has 4 nitrogen and oxygen atoms in total. The Kier molecular flexibility index (Phi) is 4.84. The van der Waals surface area contributed by atoms with E-state index < -0.39 is 0 Å². The van der Waals surface area contributed by atoms with Crippen molar-refractivity contribution < 1.29 is 4.74 Å². The Labute approximate surface area is 110 Å². The smallest absolute Gasteiger partial charge is 0.142 e. The van der Waals surface area contributed by atoms with E-state index in [1.807, 2.05) is 19.2 Å². The van der Waals surface area contributed by atoms with E-state index in [9.17, 15) is 0 Å². The third kappa shape index (κ3) is 3.15. The van der Waals surface area contributed by atoms with Crippen molar-refractivity contribution in [3.05, 3.63) is 24.3 Å². The van der Waals surface area contributed by atoms with Crippen LogP contribution in [0.5, 0.6) is 5.75 Å². The number of methoxy groups -OCH3 is 1. The number of anilines is 1. The predicted octanol–water partition coefficient (Wildman–Crippen LogP) is 1.04. The van der Waals surface area contributed by atoms with Crippen LogP contribution in [0, 0.1) is 0 Å². The zero-order valence-electron chi connectivity index (χ0n) is 11.4. The minimum Gasteiger partial charge on any atom is -0.495 e. The van der Waals surface area contributed by atoms with Crippen LogP contribution in [-0.4, -0.2) is 58.3 Å². The Hall–Kier alpha value is -1.26. The third-order valence-corrected chi connectivity index (χ3v) is 3.48. The molecule has 18 heavy (non-hydrogen) atoms. The van der Waals surface area contributed by atoms with Crippen LogP contribution in [0.1, 0.15) is 0 Å². The molecule has 0 aromatic heterocycles. The van der Waals surface area contributed by atoms with E-state index in [2.05, 4.69) is 27.2 Å². The van der Waals surface area contributed by atoms with Gasteiger partial charge in [0, 0.05) is 39.3 Å². The van der Waals surface area contributed by atoms with E-state index in [4.69, 9.17) is 4.74 Å². The van der Waals surface area contributed by atoms with E-state index in [-0.39, 0.29) is 0 Å². The topological polar surface area (TPSA) is 27.7 Å². The Morgan fingerprint density at radius 3 is 2.56 bits per heavy atom. The van der Waals surface area contributed by atoms with Gasteiger partial charge < -0.3 is 15.0 Å². The number of likely N-dealkylation sites (N-methyl/N-ethyl adjacent to an activating group) is 1. The third-order valence-electron chi connectivity index (χ3n) is 3.48. The van der Waals surface area contributed by atoms with Crippen LogP contribution >= 0.6 is 0 Å². The second-order valence-corrected chi connectivity index (χ2v) is 4.60. The summed E-state index contributed by atoms with van der Waals surface area (Å²) < 4.78 is 5.43. The molecular weight excluding hydrogens is 226 g/mol. The van der Waals surface area contributed by atoms with Gasteiger partial charge >= 0.3 is 0 Å². The highest BCUT2D eigenvalue weighted by atomic mass is 16.5. The summed E-state index contributed by atoms with van der Waals surface area (Å²) in [6, 6.07) is 8.27. The van der Waals surface area contributed by atoms with E-state index in [0.717, 1.165) is 45.0 Å². The van der Waals surface area contributed by atoms with E-state index in [1.54, 1.807) is 7.11 Å². The molecule has 0 spiro atoms. The van der Waals surface area contributed by atoms with Crippen molar-refractivity contribution >= 4 is 5.69 Å². The number of para-hydroxylation sites is 2. The highest BCUT2D eigenvalue weighted by molar-refractivity contribution is 5.58. The molecule has 1 heterocycles. The summed E-state index contributed by atoms with van der Waals surface area (Å²) in [6.45, 7) is 6.60. The van der Waals surface area contributed by atoms with Gasteiger partial charge in [-0.1, -0.05) is 12.1 Å². The molecule has 1 aliphatic rings. The molecule has 0 atom stereocenters. The van der Waals surface area contributed by atoms with E-state index >= 15 is 0 Å². The van der Waals surface area contributed by atoms with Crippen LogP contribution in [0.2, 0.25) is 0 Å². The summed E-state index contributed by atoms with van der Waals surface area (Å²) in [4.78, 5) is 4.91. The molecular formula is C14H23N3O. The lowest BCUT2D eigenvalue weighted by Crippen LogP contribution is -2.48. The maximum atomic E-state index is 5.43. The lowest BCUT2D eigenvalue weighted by atomic mass is 10.2. The first-order valence-electron chi connectivity index (χ1n) is 6.60. The molecule has 1 N–H and O–H groups in total. The molecule has 2 rings (SSSR count). The standard InChI is InChI=1S/C14H23N3O/c1-15-7-8-16-9-11-17(12-10-16)13-5-3-4-6-14(13)18-2/h3-6,15H,7-12H2,1-2H3. The molecule has 1 aliphatic heterocycles. The van der Waals surface area contributed by atoms with Crippen LogP contribution < -0.4 is 15.0 Å². The lowest BCUT2D eigenvalue weighted by Gasteiger charge is -2.36. The minimum atomic E-state index is 0.973. The Balaban J connectivity index is 1.92. The number of benzene rings is 1. The predicted molar refractivity (Wildman–Crippen MR) is 75.6 cm³/mol. The number of piperazine rings is 1. The first-order chi connectivity index (χ1) is 8.85. The molecule has 100 valence electrons. The van der Waals surface area contributed by atoms with Gasteiger partial charge in [-0.25, -0.2) is 0 Å². The van der Waals surface area contributed by atoms with Crippen molar-refractivity contribution in [1.29, 1.82) is 0 Å². The quantitative estimate of drug-likeness (QED) is 0.844. The average Bonchev–Trinajstić information content (AvgIpc) is 2.45. The largest absolute Gasteiger partial charge is 0.495 e. The Morgan fingerprint density at radius 2 is 1.89 bits per heavy atom.